The first-order chi connectivity index (χ1) is 13.5. The van der Waals surface area contributed by atoms with Crippen molar-refractivity contribution in [2.45, 2.75) is 51.9 Å². The Morgan fingerprint density at radius 2 is 1.21 bits per heavy atom. The van der Waals surface area contributed by atoms with Crippen molar-refractivity contribution in [3.8, 4) is 0 Å². The lowest BCUT2D eigenvalue weighted by molar-refractivity contribution is 0.0613. The van der Waals surface area contributed by atoms with Gasteiger partial charge in [-0.1, -0.05) is 80.8 Å². The van der Waals surface area contributed by atoms with Crippen LogP contribution in [0.25, 0.3) is 0 Å². The number of carbonyl (C=O) groups is 2. The van der Waals surface area contributed by atoms with Crippen LogP contribution in [0.5, 0.6) is 0 Å². The quantitative estimate of drug-likeness (QED) is 0.306. The molecule has 28 heavy (non-hydrogen) atoms. The molecule has 0 unspecified atom stereocenters. The lowest BCUT2D eigenvalue weighted by Crippen LogP contribution is -2.37. The molecule has 150 valence electrons. The summed E-state index contributed by atoms with van der Waals surface area (Å²) in [5, 5.41) is 0.939. The number of unbranched alkanes of at least 4 members (excludes halogenated alkanes) is 6. The summed E-state index contributed by atoms with van der Waals surface area (Å²) in [6.07, 6.45) is 7.80. The summed E-state index contributed by atoms with van der Waals surface area (Å²) in [5.74, 6) is -0.670. The molecule has 0 saturated heterocycles. The van der Waals surface area contributed by atoms with Gasteiger partial charge in [-0.05, 0) is 42.8 Å². The zero-order chi connectivity index (χ0) is 20.4. The Bertz CT molecular complexity index is 734. The molecule has 0 aromatic heterocycles. The summed E-state index contributed by atoms with van der Waals surface area (Å²) in [6, 6.07) is 13.4. The van der Waals surface area contributed by atoms with Crippen molar-refractivity contribution in [1.29, 1.82) is 0 Å². The lowest BCUT2D eigenvalue weighted by Gasteiger charge is -2.21. The average Bonchev–Trinajstić information content (AvgIpc) is 2.69. The SMILES string of the molecule is CCCCCCCCCN(C(=O)c1cccc(Cl)c1)C(=O)c1cccc(Cl)c1. The van der Waals surface area contributed by atoms with E-state index in [2.05, 4.69) is 6.92 Å². The standard InChI is InChI=1S/C23H27Cl2NO2/c1-2-3-4-5-6-7-8-15-26(22(27)18-11-9-13-20(24)16-18)23(28)19-12-10-14-21(25)17-19/h9-14,16-17H,2-8,15H2,1H3. The Labute approximate surface area is 177 Å². The van der Waals surface area contributed by atoms with E-state index in [4.69, 9.17) is 23.2 Å². The Hall–Kier alpha value is -1.84. The second-order valence-corrected chi connectivity index (χ2v) is 7.78. The number of amides is 2. The van der Waals surface area contributed by atoms with Crippen molar-refractivity contribution >= 4 is 35.0 Å². The number of hydrogen-bond donors (Lipinski definition) is 0. The van der Waals surface area contributed by atoms with Gasteiger partial charge in [0.15, 0.2) is 0 Å². The molecule has 5 heteroatoms. The highest BCUT2D eigenvalue weighted by molar-refractivity contribution is 6.31. The van der Waals surface area contributed by atoms with Crippen LogP contribution in [0.4, 0.5) is 0 Å². The molecule has 2 aromatic rings. The molecular formula is C23H27Cl2NO2. The Morgan fingerprint density at radius 3 is 1.68 bits per heavy atom. The Balaban J connectivity index is 2.09. The minimum absolute atomic E-state index is 0.335. The minimum Gasteiger partial charge on any atom is -0.274 e. The van der Waals surface area contributed by atoms with E-state index in [-0.39, 0.29) is 11.8 Å². The summed E-state index contributed by atoms with van der Waals surface area (Å²) >= 11 is 12.1. The molecule has 3 nitrogen and oxygen atoms in total. The first kappa shape index (κ1) is 22.4. The first-order valence-corrected chi connectivity index (χ1v) is 10.7. The van der Waals surface area contributed by atoms with Gasteiger partial charge in [0.2, 0.25) is 0 Å². The van der Waals surface area contributed by atoms with Gasteiger partial charge in [0.05, 0.1) is 0 Å². The summed E-state index contributed by atoms with van der Waals surface area (Å²) in [4.78, 5) is 27.3. The molecule has 0 atom stereocenters. The maximum Gasteiger partial charge on any atom is 0.260 e. The molecule has 0 bridgehead atoms. The van der Waals surface area contributed by atoms with Gasteiger partial charge < -0.3 is 0 Å². The normalized spacial score (nSPS) is 10.7. The zero-order valence-electron chi connectivity index (χ0n) is 16.3. The Morgan fingerprint density at radius 1 is 0.750 bits per heavy atom. The smallest absolute Gasteiger partial charge is 0.260 e. The third-order valence-corrected chi connectivity index (χ3v) is 5.09. The van der Waals surface area contributed by atoms with E-state index >= 15 is 0 Å². The molecule has 2 aromatic carbocycles. The van der Waals surface area contributed by atoms with Crippen LogP contribution < -0.4 is 0 Å². The molecule has 2 amide bonds. The van der Waals surface area contributed by atoms with Crippen molar-refractivity contribution in [3.63, 3.8) is 0 Å². The van der Waals surface area contributed by atoms with E-state index in [9.17, 15) is 9.59 Å². The highest BCUT2D eigenvalue weighted by Crippen LogP contribution is 2.18. The van der Waals surface area contributed by atoms with Gasteiger partial charge in [0, 0.05) is 27.7 Å². The van der Waals surface area contributed by atoms with Crippen molar-refractivity contribution in [2.24, 2.45) is 0 Å². The fourth-order valence-corrected chi connectivity index (χ4v) is 3.46. The molecule has 0 radical (unpaired) electrons. The van der Waals surface area contributed by atoms with Gasteiger partial charge in [-0.25, -0.2) is 0 Å². The predicted octanol–water partition coefficient (Wildman–Crippen LogP) is 7.03. The van der Waals surface area contributed by atoms with Crippen molar-refractivity contribution in [3.05, 3.63) is 69.7 Å². The van der Waals surface area contributed by atoms with Crippen LogP contribution in [0.2, 0.25) is 10.0 Å². The van der Waals surface area contributed by atoms with Crippen LogP contribution in [0, 0.1) is 0 Å². The molecule has 2 rings (SSSR count). The van der Waals surface area contributed by atoms with Crippen LogP contribution in [0.15, 0.2) is 48.5 Å². The average molecular weight is 420 g/mol. The summed E-state index contributed by atoms with van der Waals surface area (Å²) in [5.41, 5.74) is 0.816. The molecule has 0 aliphatic carbocycles. The van der Waals surface area contributed by atoms with E-state index in [1.807, 2.05) is 0 Å². The number of benzene rings is 2. The van der Waals surface area contributed by atoms with E-state index in [0.29, 0.717) is 27.7 Å². The summed E-state index contributed by atoms with van der Waals surface area (Å²) in [7, 11) is 0. The monoisotopic (exact) mass is 419 g/mol. The molecule has 0 heterocycles. The molecule has 0 N–H and O–H groups in total. The van der Waals surface area contributed by atoms with E-state index in [1.54, 1.807) is 48.5 Å². The highest BCUT2D eigenvalue weighted by Gasteiger charge is 2.24. The van der Waals surface area contributed by atoms with Gasteiger partial charge in [-0.3, -0.25) is 14.5 Å². The second kappa shape index (κ2) is 11.9. The topological polar surface area (TPSA) is 37.4 Å². The molecule has 0 aliphatic heterocycles. The second-order valence-electron chi connectivity index (χ2n) is 6.90. The van der Waals surface area contributed by atoms with Gasteiger partial charge in [-0.2, -0.15) is 0 Å². The van der Waals surface area contributed by atoms with E-state index in [1.165, 1.54) is 30.6 Å². The third-order valence-electron chi connectivity index (χ3n) is 4.62. The van der Waals surface area contributed by atoms with Gasteiger partial charge in [0.25, 0.3) is 11.8 Å². The van der Waals surface area contributed by atoms with Gasteiger partial charge in [-0.15, -0.1) is 0 Å². The predicted molar refractivity (Wildman–Crippen MR) is 116 cm³/mol. The van der Waals surface area contributed by atoms with Crippen LogP contribution >= 0.6 is 23.2 Å². The first-order valence-electron chi connectivity index (χ1n) is 9.90. The Kier molecular flexibility index (Phi) is 9.52. The van der Waals surface area contributed by atoms with Crippen molar-refractivity contribution in [1.82, 2.24) is 4.90 Å². The van der Waals surface area contributed by atoms with E-state index < -0.39 is 0 Å². The van der Waals surface area contributed by atoms with Crippen LogP contribution in [-0.2, 0) is 0 Å². The van der Waals surface area contributed by atoms with Crippen molar-refractivity contribution in [2.75, 3.05) is 6.54 Å². The van der Waals surface area contributed by atoms with Crippen LogP contribution in [0.3, 0.4) is 0 Å². The van der Waals surface area contributed by atoms with Crippen LogP contribution in [0.1, 0.15) is 72.6 Å². The summed E-state index contributed by atoms with van der Waals surface area (Å²) in [6.45, 7) is 2.57. The zero-order valence-corrected chi connectivity index (χ0v) is 17.8. The fraction of sp³-hybridized carbons (Fsp3) is 0.391. The molecule has 0 fully saturated rings. The number of imide groups is 1. The number of hydrogen-bond acceptors (Lipinski definition) is 2. The minimum atomic E-state index is -0.335. The largest absolute Gasteiger partial charge is 0.274 e. The summed E-state index contributed by atoms with van der Waals surface area (Å²) < 4.78 is 0. The maximum absolute atomic E-state index is 13.0. The number of halogens is 2. The molecular weight excluding hydrogens is 393 g/mol. The van der Waals surface area contributed by atoms with Crippen LogP contribution in [-0.4, -0.2) is 23.3 Å². The van der Waals surface area contributed by atoms with Gasteiger partial charge in [0.1, 0.15) is 0 Å². The number of nitrogens with zero attached hydrogens (tertiary/aromatic N) is 1. The van der Waals surface area contributed by atoms with Crippen molar-refractivity contribution < 1.29 is 9.59 Å². The third kappa shape index (κ3) is 6.96. The lowest BCUT2D eigenvalue weighted by atomic mass is 10.1. The highest BCUT2D eigenvalue weighted by atomic mass is 35.5. The fourth-order valence-electron chi connectivity index (χ4n) is 3.08. The maximum atomic E-state index is 13.0. The van der Waals surface area contributed by atoms with Gasteiger partial charge >= 0.3 is 0 Å². The number of rotatable bonds is 10. The number of carbonyl (C=O) groups excluding carboxylic acids is 2. The molecule has 0 spiro atoms. The van der Waals surface area contributed by atoms with E-state index in [0.717, 1.165) is 19.3 Å². The molecule has 0 aliphatic rings. The molecule has 0 saturated carbocycles.